The van der Waals surface area contributed by atoms with Crippen molar-refractivity contribution in [2.45, 2.75) is 25.6 Å². The zero-order chi connectivity index (χ0) is 23.9. The molecule has 6 nitrogen and oxygen atoms in total. The predicted molar refractivity (Wildman–Crippen MR) is 107 cm³/mol. The third kappa shape index (κ3) is 7.60. The number of hydrogen-bond donors (Lipinski definition) is 2. The molecule has 1 fully saturated rings. The second-order valence-corrected chi connectivity index (χ2v) is 7.23. The van der Waals surface area contributed by atoms with Crippen LogP contribution in [-0.2, 0) is 11.3 Å². The number of carboxylic acids is 1. The first-order valence-electron chi connectivity index (χ1n) is 9.35. The first kappa shape index (κ1) is 25.3. The predicted octanol–water partition coefficient (Wildman–Crippen LogP) is 4.84. The standard InChI is InChI=1S/C19H19ClFNO3.C2HF3O2/c1-24-16-8-7-13(9-15(16)21)10-22-19(23)18-14(20)3-2-4-17(18)25-11-12-5-6-12;3-2(4,5)1(6)7/h2-4,7-9,12H,5-6,10-11H2,1H3,(H,22,23);(H,6,7). The molecule has 0 atom stereocenters. The van der Waals surface area contributed by atoms with Crippen molar-refractivity contribution in [2.75, 3.05) is 13.7 Å². The minimum atomic E-state index is -5.08. The number of halogens is 5. The summed E-state index contributed by atoms with van der Waals surface area (Å²) in [7, 11) is 1.40. The topological polar surface area (TPSA) is 84.9 Å². The van der Waals surface area contributed by atoms with Crippen LogP contribution in [0.4, 0.5) is 17.6 Å². The van der Waals surface area contributed by atoms with Crippen molar-refractivity contribution in [1.82, 2.24) is 5.32 Å². The van der Waals surface area contributed by atoms with E-state index in [9.17, 15) is 22.4 Å². The molecule has 0 spiro atoms. The summed E-state index contributed by atoms with van der Waals surface area (Å²) < 4.78 is 56.1. The van der Waals surface area contributed by atoms with E-state index >= 15 is 0 Å². The molecule has 0 unspecified atom stereocenters. The summed E-state index contributed by atoms with van der Waals surface area (Å²) in [6.45, 7) is 0.761. The summed E-state index contributed by atoms with van der Waals surface area (Å²) in [4.78, 5) is 21.4. The SMILES string of the molecule is COc1ccc(CNC(=O)c2c(Cl)cccc2OCC2CC2)cc1F.O=C(O)C(F)(F)F. The van der Waals surface area contributed by atoms with E-state index in [-0.39, 0.29) is 18.2 Å². The van der Waals surface area contributed by atoms with E-state index in [0.717, 1.165) is 12.8 Å². The largest absolute Gasteiger partial charge is 0.494 e. The maximum absolute atomic E-state index is 13.7. The molecule has 0 radical (unpaired) electrons. The number of carbonyl (C=O) groups excluding carboxylic acids is 1. The lowest BCUT2D eigenvalue weighted by Gasteiger charge is -2.13. The van der Waals surface area contributed by atoms with E-state index in [1.165, 1.54) is 19.2 Å². The average molecular weight is 478 g/mol. The molecule has 1 saturated carbocycles. The number of nitrogens with one attached hydrogen (secondary N) is 1. The number of alkyl halides is 3. The summed E-state index contributed by atoms with van der Waals surface area (Å²) in [5, 5.41) is 10.2. The molecule has 3 rings (SSSR count). The Morgan fingerprint density at radius 1 is 1.19 bits per heavy atom. The van der Waals surface area contributed by atoms with E-state index in [2.05, 4.69) is 5.32 Å². The molecule has 0 saturated heterocycles. The number of carboxylic acid groups (broad SMARTS) is 1. The van der Waals surface area contributed by atoms with Gasteiger partial charge in [0, 0.05) is 6.54 Å². The Bertz CT molecular complexity index is 964. The van der Waals surface area contributed by atoms with Gasteiger partial charge in [-0.1, -0.05) is 23.7 Å². The fourth-order valence-electron chi connectivity index (χ4n) is 2.43. The molecule has 174 valence electrons. The van der Waals surface area contributed by atoms with Crippen LogP contribution in [-0.4, -0.2) is 36.9 Å². The van der Waals surface area contributed by atoms with Crippen LogP contribution in [0.3, 0.4) is 0 Å². The number of methoxy groups -OCH3 is 1. The molecule has 0 aliphatic heterocycles. The summed E-state index contributed by atoms with van der Waals surface area (Å²) in [5.41, 5.74) is 0.929. The van der Waals surface area contributed by atoms with Crippen LogP contribution >= 0.6 is 11.6 Å². The van der Waals surface area contributed by atoms with E-state index < -0.39 is 18.0 Å². The van der Waals surface area contributed by atoms with Crippen molar-refractivity contribution in [3.05, 3.63) is 58.4 Å². The first-order chi connectivity index (χ1) is 15.0. The van der Waals surface area contributed by atoms with Crippen molar-refractivity contribution < 1.29 is 41.7 Å². The van der Waals surface area contributed by atoms with E-state index in [1.807, 2.05) is 0 Å². The number of rotatable bonds is 7. The summed E-state index contributed by atoms with van der Waals surface area (Å²) >= 11 is 6.18. The highest BCUT2D eigenvalue weighted by molar-refractivity contribution is 6.34. The monoisotopic (exact) mass is 477 g/mol. The van der Waals surface area contributed by atoms with E-state index in [1.54, 1.807) is 24.3 Å². The molecule has 1 aliphatic carbocycles. The van der Waals surface area contributed by atoms with Gasteiger partial charge in [0.15, 0.2) is 11.6 Å². The lowest BCUT2D eigenvalue weighted by Crippen LogP contribution is -2.24. The van der Waals surface area contributed by atoms with Gasteiger partial charge in [0.25, 0.3) is 5.91 Å². The van der Waals surface area contributed by atoms with E-state index in [0.29, 0.717) is 34.4 Å². The lowest BCUT2D eigenvalue weighted by molar-refractivity contribution is -0.192. The van der Waals surface area contributed by atoms with Crippen LogP contribution in [0.1, 0.15) is 28.8 Å². The van der Waals surface area contributed by atoms with Gasteiger partial charge in [-0.3, -0.25) is 4.79 Å². The number of aliphatic carboxylic acids is 1. The first-order valence-corrected chi connectivity index (χ1v) is 9.72. The van der Waals surface area contributed by atoms with Gasteiger partial charge in [-0.2, -0.15) is 13.2 Å². The number of carbonyl (C=O) groups is 2. The highest BCUT2D eigenvalue weighted by atomic mass is 35.5. The highest BCUT2D eigenvalue weighted by Gasteiger charge is 2.38. The van der Waals surface area contributed by atoms with Gasteiger partial charge in [-0.05, 0) is 48.6 Å². The Morgan fingerprint density at radius 3 is 2.38 bits per heavy atom. The van der Waals surface area contributed by atoms with Gasteiger partial charge >= 0.3 is 12.1 Å². The number of amides is 1. The van der Waals surface area contributed by atoms with Gasteiger partial charge < -0.3 is 19.9 Å². The highest BCUT2D eigenvalue weighted by Crippen LogP contribution is 2.32. The van der Waals surface area contributed by atoms with Gasteiger partial charge in [0.2, 0.25) is 0 Å². The summed E-state index contributed by atoms with van der Waals surface area (Å²) in [6, 6.07) is 9.68. The van der Waals surface area contributed by atoms with Crippen molar-refractivity contribution in [3.63, 3.8) is 0 Å². The molecule has 32 heavy (non-hydrogen) atoms. The van der Waals surface area contributed by atoms with Gasteiger partial charge in [-0.25, -0.2) is 9.18 Å². The normalized spacial score (nSPS) is 12.9. The second-order valence-electron chi connectivity index (χ2n) is 6.82. The Balaban J connectivity index is 0.000000451. The molecular formula is C21H20ClF4NO5. The Morgan fingerprint density at radius 2 is 1.84 bits per heavy atom. The van der Waals surface area contributed by atoms with Crippen molar-refractivity contribution in [3.8, 4) is 11.5 Å². The third-order valence-corrected chi connectivity index (χ3v) is 4.60. The zero-order valence-corrected chi connectivity index (χ0v) is 17.6. The van der Waals surface area contributed by atoms with Crippen molar-refractivity contribution in [1.29, 1.82) is 0 Å². The Hall–Kier alpha value is -3.01. The molecule has 11 heteroatoms. The maximum atomic E-state index is 13.7. The van der Waals surface area contributed by atoms with E-state index in [4.69, 9.17) is 31.0 Å². The van der Waals surface area contributed by atoms with Crippen LogP contribution in [0.2, 0.25) is 5.02 Å². The smallest absolute Gasteiger partial charge is 0.490 e. The minimum Gasteiger partial charge on any atom is -0.494 e. The fourth-order valence-corrected chi connectivity index (χ4v) is 2.68. The third-order valence-electron chi connectivity index (χ3n) is 4.29. The quantitative estimate of drug-likeness (QED) is 0.557. The van der Waals surface area contributed by atoms with Gasteiger partial charge in [0.1, 0.15) is 5.75 Å². The Kier molecular flexibility index (Phi) is 8.71. The van der Waals surface area contributed by atoms with Crippen LogP contribution in [0.5, 0.6) is 11.5 Å². The zero-order valence-electron chi connectivity index (χ0n) is 16.8. The van der Waals surface area contributed by atoms with Crippen LogP contribution < -0.4 is 14.8 Å². The maximum Gasteiger partial charge on any atom is 0.490 e. The summed E-state index contributed by atoms with van der Waals surface area (Å²) in [6.07, 6.45) is -2.77. The number of hydrogen-bond acceptors (Lipinski definition) is 4. The molecule has 2 aromatic carbocycles. The molecule has 0 heterocycles. The molecular weight excluding hydrogens is 458 g/mol. The molecule has 1 amide bonds. The molecule has 2 N–H and O–H groups in total. The molecule has 0 aromatic heterocycles. The number of benzene rings is 2. The molecule has 0 bridgehead atoms. The minimum absolute atomic E-state index is 0.164. The van der Waals surface area contributed by atoms with Crippen molar-refractivity contribution >= 4 is 23.5 Å². The number of ether oxygens (including phenoxy) is 2. The molecule has 2 aromatic rings. The van der Waals surface area contributed by atoms with Crippen molar-refractivity contribution in [2.24, 2.45) is 5.92 Å². The van der Waals surface area contributed by atoms with Gasteiger partial charge in [-0.15, -0.1) is 0 Å². The van der Waals surface area contributed by atoms with Crippen LogP contribution in [0.25, 0.3) is 0 Å². The molecule has 1 aliphatic rings. The van der Waals surface area contributed by atoms with Crippen LogP contribution in [0.15, 0.2) is 36.4 Å². The van der Waals surface area contributed by atoms with Crippen LogP contribution in [0, 0.1) is 11.7 Å². The summed E-state index contributed by atoms with van der Waals surface area (Å²) in [5.74, 6) is -2.38. The lowest BCUT2D eigenvalue weighted by atomic mass is 10.1. The average Bonchev–Trinajstić information content (AvgIpc) is 3.55. The fraction of sp³-hybridized carbons (Fsp3) is 0.333. The van der Waals surface area contributed by atoms with Gasteiger partial charge in [0.05, 0.1) is 24.3 Å². The Labute approximate surface area is 186 Å². The second kappa shape index (κ2) is 11.0.